The molecule has 0 aliphatic carbocycles. The number of aryl methyl sites for hydroxylation is 1. The zero-order valence-electron chi connectivity index (χ0n) is 8.53. The zero-order valence-corrected chi connectivity index (χ0v) is 8.53. The average molecular weight is 193 g/mol. The van der Waals surface area contributed by atoms with Gasteiger partial charge in [0.1, 0.15) is 5.69 Å². The van der Waals surface area contributed by atoms with E-state index in [1.165, 1.54) is 0 Å². The van der Waals surface area contributed by atoms with E-state index in [4.69, 9.17) is 5.11 Å². The maximum Gasteiger partial charge on any atom is 0.354 e. The Kier molecular flexibility index (Phi) is 3.63. The Balaban J connectivity index is 2.69. The van der Waals surface area contributed by atoms with Gasteiger partial charge in [-0.1, -0.05) is 13.8 Å². The fourth-order valence-electron chi connectivity index (χ4n) is 1.20. The van der Waals surface area contributed by atoms with Crippen LogP contribution in [0.4, 0.5) is 0 Å². The predicted molar refractivity (Wildman–Crippen MR) is 54.4 cm³/mol. The van der Waals surface area contributed by atoms with Crippen LogP contribution in [-0.2, 0) is 6.42 Å². The number of carbonyl (C=O) groups is 1. The van der Waals surface area contributed by atoms with Gasteiger partial charge in [-0.15, -0.1) is 0 Å². The number of carboxylic acids is 1. The van der Waals surface area contributed by atoms with Crippen LogP contribution in [0.1, 0.15) is 36.3 Å². The van der Waals surface area contributed by atoms with E-state index in [2.05, 4.69) is 18.8 Å². The molecule has 0 radical (unpaired) electrons. The first kappa shape index (κ1) is 10.7. The summed E-state index contributed by atoms with van der Waals surface area (Å²) in [5, 5.41) is 8.72. The van der Waals surface area contributed by atoms with Crippen molar-refractivity contribution >= 4 is 5.97 Å². The molecule has 14 heavy (non-hydrogen) atoms. The number of aromatic nitrogens is 1. The van der Waals surface area contributed by atoms with Crippen LogP contribution in [0.5, 0.6) is 0 Å². The fraction of sp³-hybridized carbons (Fsp3) is 0.455. The van der Waals surface area contributed by atoms with Gasteiger partial charge in [0, 0.05) is 6.20 Å². The van der Waals surface area contributed by atoms with Crippen LogP contribution in [0.2, 0.25) is 0 Å². The molecular weight excluding hydrogens is 178 g/mol. The first-order chi connectivity index (χ1) is 6.59. The Hall–Kier alpha value is -1.38. The second-order valence-electron chi connectivity index (χ2n) is 3.79. The van der Waals surface area contributed by atoms with Crippen molar-refractivity contribution in [1.82, 2.24) is 4.98 Å². The average Bonchev–Trinajstić information content (AvgIpc) is 2.15. The number of hydrogen-bond acceptors (Lipinski definition) is 2. The SMILES string of the molecule is CC(C)CCc1ccnc(C(=O)O)c1. The van der Waals surface area contributed by atoms with E-state index in [1.807, 2.05) is 6.07 Å². The van der Waals surface area contributed by atoms with E-state index < -0.39 is 5.97 Å². The lowest BCUT2D eigenvalue weighted by molar-refractivity contribution is 0.0690. The molecule has 0 aliphatic rings. The van der Waals surface area contributed by atoms with Crippen LogP contribution in [0.25, 0.3) is 0 Å². The van der Waals surface area contributed by atoms with Gasteiger partial charge >= 0.3 is 5.97 Å². The lowest BCUT2D eigenvalue weighted by Crippen LogP contribution is -2.01. The summed E-state index contributed by atoms with van der Waals surface area (Å²) in [7, 11) is 0. The largest absolute Gasteiger partial charge is 0.477 e. The molecule has 0 atom stereocenters. The second kappa shape index (κ2) is 4.74. The van der Waals surface area contributed by atoms with Gasteiger partial charge in [-0.05, 0) is 36.5 Å². The Bertz CT molecular complexity index is 321. The minimum Gasteiger partial charge on any atom is -0.477 e. The standard InChI is InChI=1S/C11H15NO2/c1-8(2)3-4-9-5-6-12-10(7-9)11(13)14/h5-8H,3-4H2,1-2H3,(H,13,14). The quantitative estimate of drug-likeness (QED) is 0.798. The minimum atomic E-state index is -0.962. The molecule has 1 aromatic heterocycles. The molecule has 1 N–H and O–H groups in total. The Labute approximate surface area is 83.8 Å². The number of rotatable bonds is 4. The van der Waals surface area contributed by atoms with Crippen LogP contribution < -0.4 is 0 Å². The Morgan fingerprint density at radius 3 is 2.86 bits per heavy atom. The van der Waals surface area contributed by atoms with Crippen molar-refractivity contribution < 1.29 is 9.90 Å². The topological polar surface area (TPSA) is 50.2 Å². The summed E-state index contributed by atoms with van der Waals surface area (Å²) >= 11 is 0. The molecule has 0 aliphatic heterocycles. The number of hydrogen-bond donors (Lipinski definition) is 1. The van der Waals surface area contributed by atoms with Crippen molar-refractivity contribution in [3.8, 4) is 0 Å². The fourth-order valence-corrected chi connectivity index (χ4v) is 1.20. The highest BCUT2D eigenvalue weighted by Gasteiger charge is 2.05. The molecule has 76 valence electrons. The maximum atomic E-state index is 10.6. The summed E-state index contributed by atoms with van der Waals surface area (Å²) in [6.07, 6.45) is 3.54. The van der Waals surface area contributed by atoms with Crippen LogP contribution in [0, 0.1) is 5.92 Å². The summed E-state index contributed by atoms with van der Waals surface area (Å²) < 4.78 is 0. The molecule has 0 aromatic carbocycles. The third-order valence-electron chi connectivity index (χ3n) is 2.05. The maximum absolute atomic E-state index is 10.6. The van der Waals surface area contributed by atoms with Gasteiger partial charge in [-0.3, -0.25) is 0 Å². The van der Waals surface area contributed by atoms with Gasteiger partial charge in [-0.2, -0.15) is 0 Å². The van der Waals surface area contributed by atoms with Gasteiger partial charge in [-0.25, -0.2) is 9.78 Å². The molecule has 0 unspecified atom stereocenters. The highest BCUT2D eigenvalue weighted by atomic mass is 16.4. The van der Waals surface area contributed by atoms with Crippen LogP contribution in [0.3, 0.4) is 0 Å². The molecular formula is C11H15NO2. The molecule has 3 nitrogen and oxygen atoms in total. The van der Waals surface area contributed by atoms with Gasteiger partial charge < -0.3 is 5.11 Å². The molecule has 1 rings (SSSR count). The van der Waals surface area contributed by atoms with E-state index in [1.54, 1.807) is 12.3 Å². The Morgan fingerprint density at radius 1 is 1.57 bits per heavy atom. The van der Waals surface area contributed by atoms with Crippen molar-refractivity contribution in [1.29, 1.82) is 0 Å². The van der Waals surface area contributed by atoms with E-state index in [9.17, 15) is 4.79 Å². The normalized spacial score (nSPS) is 10.5. The summed E-state index contributed by atoms with van der Waals surface area (Å²) in [4.78, 5) is 14.4. The third kappa shape index (κ3) is 3.17. The molecule has 0 bridgehead atoms. The second-order valence-corrected chi connectivity index (χ2v) is 3.79. The van der Waals surface area contributed by atoms with Gasteiger partial charge in [0.05, 0.1) is 0 Å². The zero-order chi connectivity index (χ0) is 10.6. The lowest BCUT2D eigenvalue weighted by Gasteiger charge is -2.04. The molecule has 0 saturated heterocycles. The first-order valence-electron chi connectivity index (χ1n) is 4.78. The van der Waals surface area contributed by atoms with Crippen LogP contribution in [-0.4, -0.2) is 16.1 Å². The van der Waals surface area contributed by atoms with E-state index in [0.29, 0.717) is 5.92 Å². The molecule has 1 aromatic rings. The number of nitrogens with zero attached hydrogens (tertiary/aromatic N) is 1. The van der Waals surface area contributed by atoms with E-state index in [-0.39, 0.29) is 5.69 Å². The molecule has 0 spiro atoms. The number of aromatic carboxylic acids is 1. The van der Waals surface area contributed by atoms with E-state index in [0.717, 1.165) is 18.4 Å². The summed E-state index contributed by atoms with van der Waals surface area (Å²) in [6.45, 7) is 4.30. The van der Waals surface area contributed by atoms with Crippen LogP contribution in [0.15, 0.2) is 18.3 Å². The summed E-state index contributed by atoms with van der Waals surface area (Å²) in [6, 6.07) is 3.51. The minimum absolute atomic E-state index is 0.131. The molecule has 0 fully saturated rings. The molecule has 0 amide bonds. The summed E-state index contributed by atoms with van der Waals surface area (Å²) in [5.74, 6) is -0.326. The predicted octanol–water partition coefficient (Wildman–Crippen LogP) is 2.37. The third-order valence-corrected chi connectivity index (χ3v) is 2.05. The molecule has 1 heterocycles. The van der Waals surface area contributed by atoms with E-state index >= 15 is 0 Å². The first-order valence-corrected chi connectivity index (χ1v) is 4.78. The van der Waals surface area contributed by atoms with Crippen LogP contribution >= 0.6 is 0 Å². The number of pyridine rings is 1. The van der Waals surface area contributed by atoms with Crippen molar-refractivity contribution in [3.05, 3.63) is 29.6 Å². The van der Waals surface area contributed by atoms with Crippen molar-refractivity contribution in [2.24, 2.45) is 5.92 Å². The highest BCUT2D eigenvalue weighted by Crippen LogP contribution is 2.09. The molecule has 0 saturated carbocycles. The summed E-state index contributed by atoms with van der Waals surface area (Å²) in [5.41, 5.74) is 1.18. The highest BCUT2D eigenvalue weighted by molar-refractivity contribution is 5.85. The smallest absolute Gasteiger partial charge is 0.354 e. The van der Waals surface area contributed by atoms with Crippen molar-refractivity contribution in [2.45, 2.75) is 26.7 Å². The molecule has 3 heteroatoms. The number of carboxylic acid groups (broad SMARTS) is 1. The monoisotopic (exact) mass is 193 g/mol. The van der Waals surface area contributed by atoms with Gasteiger partial charge in [0.2, 0.25) is 0 Å². The van der Waals surface area contributed by atoms with Gasteiger partial charge in [0.15, 0.2) is 0 Å². The van der Waals surface area contributed by atoms with Crippen molar-refractivity contribution in [3.63, 3.8) is 0 Å². The van der Waals surface area contributed by atoms with Crippen molar-refractivity contribution in [2.75, 3.05) is 0 Å². The lowest BCUT2D eigenvalue weighted by atomic mass is 10.0. The Morgan fingerprint density at radius 2 is 2.29 bits per heavy atom. The van der Waals surface area contributed by atoms with Gasteiger partial charge in [0.25, 0.3) is 0 Å².